The fourth-order valence-corrected chi connectivity index (χ4v) is 4.11. The van der Waals surface area contributed by atoms with Gasteiger partial charge in [0.15, 0.2) is 5.82 Å². The maximum Gasteiger partial charge on any atom is 0.290 e. The molecule has 0 spiro atoms. The van der Waals surface area contributed by atoms with Crippen molar-refractivity contribution in [3.05, 3.63) is 48.0 Å². The van der Waals surface area contributed by atoms with E-state index in [1.54, 1.807) is 6.07 Å². The molecule has 0 radical (unpaired) electrons. The number of nitrogens with one attached hydrogen (secondary N) is 1. The van der Waals surface area contributed by atoms with Crippen LogP contribution in [0.25, 0.3) is 22.0 Å². The first-order valence-electron chi connectivity index (χ1n) is 11.2. The Kier molecular flexibility index (Phi) is 7.06. The van der Waals surface area contributed by atoms with E-state index in [9.17, 15) is 5.11 Å². The molecule has 0 amide bonds. The van der Waals surface area contributed by atoms with E-state index in [-0.39, 0.29) is 12.2 Å². The smallest absolute Gasteiger partial charge is 0.290 e. The molecular formula is C26H28N4O3. The van der Waals surface area contributed by atoms with Gasteiger partial charge in [-0.15, -0.1) is 10.2 Å². The zero-order valence-electron chi connectivity index (χ0n) is 18.7. The van der Waals surface area contributed by atoms with E-state index in [4.69, 9.17) is 9.90 Å². The van der Waals surface area contributed by atoms with Gasteiger partial charge in [0.05, 0.1) is 0 Å². The molecule has 2 fully saturated rings. The average molecular weight is 445 g/mol. The number of aromatic hydroxyl groups is 1. The van der Waals surface area contributed by atoms with Crippen molar-refractivity contribution in [3.8, 4) is 28.8 Å². The molecule has 170 valence electrons. The molecule has 7 nitrogen and oxygen atoms in total. The van der Waals surface area contributed by atoms with Crippen LogP contribution in [0, 0.1) is 17.8 Å². The van der Waals surface area contributed by atoms with Crippen molar-refractivity contribution in [1.82, 2.24) is 15.1 Å². The van der Waals surface area contributed by atoms with E-state index in [2.05, 4.69) is 45.4 Å². The number of phenolic OH excluding ortho intramolecular Hbond substituents is 1. The van der Waals surface area contributed by atoms with Crippen molar-refractivity contribution in [3.63, 3.8) is 0 Å². The van der Waals surface area contributed by atoms with Crippen molar-refractivity contribution in [2.24, 2.45) is 5.92 Å². The molecule has 3 aromatic rings. The Balaban J connectivity index is 0.000000821. The molecule has 1 aromatic heterocycles. The molecule has 7 heteroatoms. The second-order valence-corrected chi connectivity index (χ2v) is 8.57. The lowest BCUT2D eigenvalue weighted by molar-refractivity contribution is -0.122. The number of nitrogens with zero attached hydrogens (tertiary/aromatic N) is 3. The predicted molar refractivity (Wildman–Crippen MR) is 129 cm³/mol. The van der Waals surface area contributed by atoms with E-state index >= 15 is 0 Å². The van der Waals surface area contributed by atoms with Crippen LogP contribution in [-0.2, 0) is 4.79 Å². The van der Waals surface area contributed by atoms with Crippen LogP contribution >= 0.6 is 0 Å². The fraction of sp³-hybridized carbons (Fsp3) is 0.346. The quantitative estimate of drug-likeness (QED) is 0.415. The summed E-state index contributed by atoms with van der Waals surface area (Å²) < 4.78 is 0. The zero-order valence-corrected chi connectivity index (χ0v) is 18.7. The summed E-state index contributed by atoms with van der Waals surface area (Å²) in [5, 5.41) is 32.2. The zero-order chi connectivity index (χ0) is 23.2. The minimum atomic E-state index is -0.250. The van der Waals surface area contributed by atoms with E-state index in [1.165, 1.54) is 19.3 Å². The van der Waals surface area contributed by atoms with Crippen LogP contribution in [0.15, 0.2) is 42.5 Å². The number of likely N-dealkylation sites (tertiary alicyclic amines) is 1. The largest absolute Gasteiger partial charge is 0.507 e. The summed E-state index contributed by atoms with van der Waals surface area (Å²) in [4.78, 5) is 10.7. The Morgan fingerprint density at radius 2 is 1.88 bits per heavy atom. The van der Waals surface area contributed by atoms with Crippen LogP contribution in [0.4, 0.5) is 5.82 Å². The Morgan fingerprint density at radius 1 is 1.12 bits per heavy atom. The van der Waals surface area contributed by atoms with Gasteiger partial charge in [-0.05, 0) is 57.5 Å². The van der Waals surface area contributed by atoms with Gasteiger partial charge in [0.2, 0.25) is 0 Å². The third-order valence-corrected chi connectivity index (χ3v) is 5.90. The molecule has 33 heavy (non-hydrogen) atoms. The lowest BCUT2D eigenvalue weighted by Crippen LogP contribution is -2.40. The summed E-state index contributed by atoms with van der Waals surface area (Å²) in [5.74, 6) is 7.93. The number of piperidine rings is 1. The Labute approximate surface area is 193 Å². The highest BCUT2D eigenvalue weighted by Gasteiger charge is 2.20. The number of phenols is 1. The molecule has 5 rings (SSSR count). The first kappa shape index (κ1) is 22.6. The highest BCUT2D eigenvalue weighted by Crippen LogP contribution is 2.35. The van der Waals surface area contributed by atoms with Gasteiger partial charge in [-0.3, -0.25) is 4.79 Å². The van der Waals surface area contributed by atoms with E-state index in [1.807, 2.05) is 30.3 Å². The van der Waals surface area contributed by atoms with Crippen LogP contribution < -0.4 is 5.32 Å². The van der Waals surface area contributed by atoms with Crippen LogP contribution in [-0.4, -0.2) is 58.0 Å². The van der Waals surface area contributed by atoms with Crippen molar-refractivity contribution in [2.45, 2.75) is 31.7 Å². The van der Waals surface area contributed by atoms with Crippen LogP contribution in [0.1, 0.15) is 31.2 Å². The Hall–Kier alpha value is -3.63. The van der Waals surface area contributed by atoms with Gasteiger partial charge in [-0.25, -0.2) is 0 Å². The first-order valence-corrected chi connectivity index (χ1v) is 11.2. The number of hydrogen-bond donors (Lipinski definition) is 3. The summed E-state index contributed by atoms with van der Waals surface area (Å²) in [7, 11) is 2.15. The fourth-order valence-electron chi connectivity index (χ4n) is 4.11. The van der Waals surface area contributed by atoms with Gasteiger partial charge in [0.1, 0.15) is 11.4 Å². The molecule has 0 unspecified atom stereocenters. The molecule has 1 saturated carbocycles. The molecular weight excluding hydrogens is 416 g/mol. The van der Waals surface area contributed by atoms with Crippen molar-refractivity contribution in [2.75, 3.05) is 25.5 Å². The number of carboxylic acid groups (broad SMARTS) is 1. The van der Waals surface area contributed by atoms with Crippen molar-refractivity contribution < 1.29 is 15.0 Å². The monoisotopic (exact) mass is 444 g/mol. The van der Waals surface area contributed by atoms with Gasteiger partial charge < -0.3 is 20.4 Å². The van der Waals surface area contributed by atoms with Gasteiger partial charge in [0.25, 0.3) is 6.47 Å². The molecule has 2 heterocycles. The number of rotatable bonds is 3. The standard InChI is InChI=1S/C25H26N4O.CH2O2/c1-29-14-4-5-19(16-29)26-25-21-7-3-2-6-20(21)24(27-28-25)22-13-12-18(15-23(22)30)11-10-17-8-9-17;2-1-3/h2-3,6-7,12-13,15,17,19,30H,4-5,8-9,14,16H2,1H3,(H,26,28);1H,(H,2,3)/t19-;/m1./s1. The highest BCUT2D eigenvalue weighted by atomic mass is 16.3. The number of aromatic nitrogens is 2. The SMILES string of the molecule is CN1CCC[C@@H](Nc2nnc(-c3ccc(C#CC4CC4)cc3O)c3ccccc23)C1.O=CO. The number of fused-ring (bicyclic) bond motifs is 1. The normalized spacial score (nSPS) is 17.9. The topological polar surface area (TPSA) is 98.6 Å². The molecule has 1 aliphatic carbocycles. The third kappa shape index (κ3) is 5.60. The maximum absolute atomic E-state index is 10.7. The number of carbonyl (C=O) groups is 1. The summed E-state index contributed by atoms with van der Waals surface area (Å²) in [6.45, 7) is 1.89. The molecule has 0 bridgehead atoms. The molecule has 2 aliphatic rings. The van der Waals surface area contributed by atoms with Crippen molar-refractivity contribution in [1.29, 1.82) is 0 Å². The summed E-state index contributed by atoms with van der Waals surface area (Å²) in [6, 6.07) is 14.1. The van der Waals surface area contributed by atoms with E-state index < -0.39 is 0 Å². The molecule has 3 N–H and O–H groups in total. The summed E-state index contributed by atoms with van der Waals surface area (Å²) in [6.07, 6.45) is 4.69. The maximum atomic E-state index is 10.7. The van der Waals surface area contributed by atoms with E-state index in [0.29, 0.717) is 23.2 Å². The lowest BCUT2D eigenvalue weighted by atomic mass is 10.0. The third-order valence-electron chi connectivity index (χ3n) is 5.90. The Bertz CT molecular complexity index is 1200. The Morgan fingerprint density at radius 3 is 2.58 bits per heavy atom. The number of hydrogen-bond acceptors (Lipinski definition) is 6. The minimum Gasteiger partial charge on any atom is -0.507 e. The predicted octanol–water partition coefficient (Wildman–Crippen LogP) is 3.97. The molecule has 1 saturated heterocycles. The molecule has 2 aromatic carbocycles. The highest BCUT2D eigenvalue weighted by molar-refractivity contribution is 6.00. The minimum absolute atomic E-state index is 0.187. The van der Waals surface area contributed by atoms with E-state index in [0.717, 1.165) is 41.7 Å². The van der Waals surface area contributed by atoms with Gasteiger partial charge >= 0.3 is 0 Å². The number of anilines is 1. The molecule has 1 atom stereocenters. The van der Waals surface area contributed by atoms with Crippen LogP contribution in [0.2, 0.25) is 0 Å². The first-order chi connectivity index (χ1) is 16.1. The number of benzene rings is 2. The molecule has 1 aliphatic heterocycles. The second kappa shape index (κ2) is 10.3. The second-order valence-electron chi connectivity index (χ2n) is 8.57. The van der Waals surface area contributed by atoms with Crippen LogP contribution in [0.3, 0.4) is 0 Å². The summed E-state index contributed by atoms with van der Waals surface area (Å²) >= 11 is 0. The van der Waals surface area contributed by atoms with Crippen LogP contribution in [0.5, 0.6) is 5.75 Å². The summed E-state index contributed by atoms with van der Waals surface area (Å²) in [5.41, 5.74) is 2.20. The number of likely N-dealkylation sites (N-methyl/N-ethyl adjacent to an activating group) is 1. The lowest BCUT2D eigenvalue weighted by Gasteiger charge is -2.30. The van der Waals surface area contributed by atoms with Gasteiger partial charge in [-0.1, -0.05) is 36.1 Å². The van der Waals surface area contributed by atoms with Gasteiger partial charge in [0, 0.05) is 40.4 Å². The van der Waals surface area contributed by atoms with Crippen molar-refractivity contribution >= 4 is 23.1 Å². The average Bonchev–Trinajstić information content (AvgIpc) is 3.64. The van der Waals surface area contributed by atoms with Gasteiger partial charge in [-0.2, -0.15) is 0 Å².